The Balaban J connectivity index is 0.00000289. The number of carbonyl (C=O) groups is 1. The fourth-order valence-electron chi connectivity index (χ4n) is 4.64. The van der Waals surface area contributed by atoms with Gasteiger partial charge in [0, 0.05) is 51.3 Å². The highest BCUT2D eigenvalue weighted by atomic mass is 35.5. The smallest absolute Gasteiger partial charge is 0.325 e. The van der Waals surface area contributed by atoms with Crippen LogP contribution in [0, 0.1) is 0 Å². The predicted molar refractivity (Wildman–Crippen MR) is 137 cm³/mol. The van der Waals surface area contributed by atoms with Gasteiger partial charge in [0.15, 0.2) is 5.65 Å². The number of rotatable bonds is 7. The van der Waals surface area contributed by atoms with Crippen molar-refractivity contribution >= 4 is 40.5 Å². The Bertz CT molecular complexity index is 1180. The molecule has 1 aromatic carbocycles. The fraction of sp³-hybridized carbons (Fsp3) is 0.542. The second-order valence-electron chi connectivity index (χ2n) is 9.03. The SMILES string of the molecule is Cl.O=C(NCCCOc1ccc2nc3[nH]c(=O)[nH]c3cc2c1)N1CCN(CC2CCCCO2)CC1. The summed E-state index contributed by atoms with van der Waals surface area (Å²) in [5.41, 5.74) is 1.73. The van der Waals surface area contributed by atoms with E-state index in [-0.39, 0.29) is 24.1 Å². The van der Waals surface area contributed by atoms with Crippen LogP contribution in [-0.4, -0.2) is 89.4 Å². The molecule has 2 fully saturated rings. The molecule has 0 radical (unpaired) electrons. The molecule has 0 bridgehead atoms. The maximum atomic E-state index is 12.5. The number of H-pyrrole nitrogens is 2. The van der Waals surface area contributed by atoms with Crippen molar-refractivity contribution in [2.75, 3.05) is 52.5 Å². The molecule has 10 nitrogen and oxygen atoms in total. The Morgan fingerprint density at radius 1 is 1.17 bits per heavy atom. The minimum Gasteiger partial charge on any atom is -0.494 e. The van der Waals surface area contributed by atoms with Gasteiger partial charge in [0.25, 0.3) is 0 Å². The van der Waals surface area contributed by atoms with Crippen LogP contribution in [-0.2, 0) is 4.74 Å². The highest BCUT2D eigenvalue weighted by Crippen LogP contribution is 2.22. The maximum absolute atomic E-state index is 12.5. The molecule has 4 heterocycles. The number of amides is 2. The number of fused-ring (bicyclic) bond motifs is 2. The van der Waals surface area contributed by atoms with E-state index in [1.807, 2.05) is 29.2 Å². The standard InChI is InChI=1S/C24H32N6O4.ClH/c31-23-27-21-15-17-14-18(5-6-20(17)26-22(21)28-23)33-13-3-7-25-24(32)30-10-8-29(9-11-30)16-19-4-1-2-12-34-19;/h5-6,14-15,19H,1-4,7-13,16H2,(H,25,32)(H2,26,27,28,31);1H. The molecule has 3 N–H and O–H groups in total. The van der Waals surface area contributed by atoms with E-state index in [9.17, 15) is 9.59 Å². The lowest BCUT2D eigenvalue weighted by Crippen LogP contribution is -2.53. The van der Waals surface area contributed by atoms with Crippen molar-refractivity contribution < 1.29 is 14.3 Å². The van der Waals surface area contributed by atoms with Crippen molar-refractivity contribution in [3.63, 3.8) is 0 Å². The van der Waals surface area contributed by atoms with E-state index in [1.165, 1.54) is 12.8 Å². The molecule has 2 aromatic heterocycles. The molecule has 2 amide bonds. The van der Waals surface area contributed by atoms with Crippen LogP contribution in [0.15, 0.2) is 29.1 Å². The number of carbonyl (C=O) groups excluding carboxylic acids is 1. The largest absolute Gasteiger partial charge is 0.494 e. The van der Waals surface area contributed by atoms with E-state index in [4.69, 9.17) is 9.47 Å². The number of halogens is 1. The molecule has 1 atom stereocenters. The van der Waals surface area contributed by atoms with Crippen LogP contribution in [0.1, 0.15) is 25.7 Å². The molecule has 2 aliphatic rings. The van der Waals surface area contributed by atoms with Crippen molar-refractivity contribution in [2.45, 2.75) is 31.8 Å². The number of nitrogens with zero attached hydrogens (tertiary/aromatic N) is 3. The van der Waals surface area contributed by atoms with Gasteiger partial charge in [-0.1, -0.05) is 0 Å². The van der Waals surface area contributed by atoms with Gasteiger partial charge in [-0.05, 0) is 49.9 Å². The minimum absolute atomic E-state index is 0. The molecule has 5 rings (SSSR count). The van der Waals surface area contributed by atoms with Crippen LogP contribution in [0.4, 0.5) is 4.79 Å². The van der Waals surface area contributed by atoms with Gasteiger partial charge in [-0.2, -0.15) is 0 Å². The zero-order chi connectivity index (χ0) is 23.3. The number of hydrogen-bond acceptors (Lipinski definition) is 6. The molecule has 0 saturated carbocycles. The predicted octanol–water partition coefficient (Wildman–Crippen LogP) is 2.49. The van der Waals surface area contributed by atoms with E-state index in [1.54, 1.807) is 0 Å². The van der Waals surface area contributed by atoms with Crippen molar-refractivity contribution in [2.24, 2.45) is 0 Å². The third kappa shape index (κ3) is 6.45. The Morgan fingerprint density at radius 2 is 2.03 bits per heavy atom. The Hall–Kier alpha value is -2.82. The molecule has 0 aliphatic carbocycles. The van der Waals surface area contributed by atoms with Gasteiger partial charge in [0.05, 0.1) is 23.7 Å². The summed E-state index contributed by atoms with van der Waals surface area (Å²) in [6.07, 6.45) is 4.65. The molecule has 11 heteroatoms. The first-order valence-corrected chi connectivity index (χ1v) is 12.2. The normalized spacial score (nSPS) is 19.0. The molecule has 1 unspecified atom stereocenters. The number of nitrogens with one attached hydrogen (secondary N) is 3. The third-order valence-corrected chi connectivity index (χ3v) is 6.53. The summed E-state index contributed by atoms with van der Waals surface area (Å²) in [6, 6.07) is 7.52. The summed E-state index contributed by atoms with van der Waals surface area (Å²) in [7, 11) is 0. The zero-order valence-corrected chi connectivity index (χ0v) is 20.6. The Kier molecular flexibility index (Phi) is 8.48. The number of aromatic amines is 2. The number of piperazine rings is 1. The molecule has 2 saturated heterocycles. The van der Waals surface area contributed by atoms with Crippen LogP contribution in [0.25, 0.3) is 22.1 Å². The molecular weight excluding hydrogens is 472 g/mol. The van der Waals surface area contributed by atoms with Crippen molar-refractivity contribution in [1.82, 2.24) is 30.1 Å². The second-order valence-corrected chi connectivity index (χ2v) is 9.03. The highest BCUT2D eigenvalue weighted by molar-refractivity contribution is 5.90. The monoisotopic (exact) mass is 504 g/mol. The van der Waals surface area contributed by atoms with Crippen molar-refractivity contribution in [3.05, 3.63) is 34.7 Å². The Morgan fingerprint density at radius 3 is 2.83 bits per heavy atom. The lowest BCUT2D eigenvalue weighted by Gasteiger charge is -2.37. The number of urea groups is 1. The first-order valence-electron chi connectivity index (χ1n) is 12.2. The molecule has 2 aliphatic heterocycles. The van der Waals surface area contributed by atoms with Gasteiger partial charge in [0.2, 0.25) is 0 Å². The lowest BCUT2D eigenvalue weighted by molar-refractivity contribution is -0.0118. The van der Waals surface area contributed by atoms with Crippen LogP contribution >= 0.6 is 12.4 Å². The third-order valence-electron chi connectivity index (χ3n) is 6.53. The average Bonchev–Trinajstić information content (AvgIpc) is 3.22. The minimum atomic E-state index is -0.271. The average molecular weight is 505 g/mol. The first-order chi connectivity index (χ1) is 16.6. The first kappa shape index (κ1) is 25.3. The summed E-state index contributed by atoms with van der Waals surface area (Å²) in [5, 5.41) is 3.89. The van der Waals surface area contributed by atoms with Crippen LogP contribution in [0.3, 0.4) is 0 Å². The van der Waals surface area contributed by atoms with Gasteiger partial charge in [-0.15, -0.1) is 12.4 Å². The molecule has 0 spiro atoms. The molecular formula is C24H33ClN6O4. The fourth-order valence-corrected chi connectivity index (χ4v) is 4.64. The second kappa shape index (κ2) is 11.7. The number of aromatic nitrogens is 3. The van der Waals surface area contributed by atoms with Crippen LogP contribution < -0.4 is 15.7 Å². The number of benzene rings is 1. The van der Waals surface area contributed by atoms with E-state index >= 15 is 0 Å². The Labute approximate surface area is 209 Å². The van der Waals surface area contributed by atoms with Gasteiger partial charge >= 0.3 is 11.7 Å². The summed E-state index contributed by atoms with van der Waals surface area (Å²) in [6.45, 7) is 6.22. The number of ether oxygens (including phenoxy) is 2. The summed E-state index contributed by atoms with van der Waals surface area (Å²) >= 11 is 0. The number of pyridine rings is 1. The van der Waals surface area contributed by atoms with E-state index in [0.29, 0.717) is 36.8 Å². The van der Waals surface area contributed by atoms with Gasteiger partial charge in [0.1, 0.15) is 5.75 Å². The van der Waals surface area contributed by atoms with Gasteiger partial charge < -0.3 is 24.7 Å². The maximum Gasteiger partial charge on any atom is 0.325 e. The van der Waals surface area contributed by atoms with Crippen LogP contribution in [0.2, 0.25) is 0 Å². The summed E-state index contributed by atoms with van der Waals surface area (Å²) in [5.74, 6) is 0.732. The summed E-state index contributed by atoms with van der Waals surface area (Å²) in [4.78, 5) is 38.1. The molecule has 3 aromatic rings. The van der Waals surface area contributed by atoms with Gasteiger partial charge in [-0.25, -0.2) is 14.6 Å². The molecule has 35 heavy (non-hydrogen) atoms. The van der Waals surface area contributed by atoms with Gasteiger partial charge in [-0.3, -0.25) is 9.88 Å². The molecule has 190 valence electrons. The number of hydrogen-bond donors (Lipinski definition) is 3. The summed E-state index contributed by atoms with van der Waals surface area (Å²) < 4.78 is 11.7. The topological polar surface area (TPSA) is 116 Å². The van der Waals surface area contributed by atoms with E-state index in [2.05, 4.69) is 25.2 Å². The zero-order valence-electron chi connectivity index (χ0n) is 19.8. The highest BCUT2D eigenvalue weighted by Gasteiger charge is 2.24. The van der Waals surface area contributed by atoms with Crippen molar-refractivity contribution in [1.29, 1.82) is 0 Å². The van der Waals surface area contributed by atoms with E-state index in [0.717, 1.165) is 62.4 Å². The quantitative estimate of drug-likeness (QED) is 0.426. The number of imidazole rings is 1. The van der Waals surface area contributed by atoms with E-state index < -0.39 is 0 Å². The van der Waals surface area contributed by atoms with Crippen LogP contribution in [0.5, 0.6) is 5.75 Å². The van der Waals surface area contributed by atoms with Crippen molar-refractivity contribution in [3.8, 4) is 5.75 Å². The lowest BCUT2D eigenvalue weighted by atomic mass is 10.1.